The Morgan fingerprint density at radius 2 is 2.16 bits per heavy atom. The fraction of sp³-hybridized carbons (Fsp3) is 0.579. The molecule has 25 heavy (non-hydrogen) atoms. The van der Waals surface area contributed by atoms with Crippen molar-refractivity contribution >= 4 is 12.0 Å². The molecule has 3 N–H and O–H groups in total. The van der Waals surface area contributed by atoms with Gasteiger partial charge in [0.2, 0.25) is 0 Å². The first-order valence-electron chi connectivity index (χ1n) is 8.91. The maximum absolute atomic E-state index is 12.3. The summed E-state index contributed by atoms with van der Waals surface area (Å²) in [6, 6.07) is 1.71. The number of aldehydes is 1. The maximum atomic E-state index is 12.3. The zero-order valence-corrected chi connectivity index (χ0v) is 14.4. The van der Waals surface area contributed by atoms with Crippen LogP contribution in [0.3, 0.4) is 0 Å². The molecular weight excluding hydrogens is 322 g/mol. The highest BCUT2D eigenvalue weighted by molar-refractivity contribution is 5.83. The zero-order valence-electron chi connectivity index (χ0n) is 14.4. The first-order chi connectivity index (χ1) is 12.1. The van der Waals surface area contributed by atoms with E-state index in [0.29, 0.717) is 17.7 Å². The summed E-state index contributed by atoms with van der Waals surface area (Å²) < 4.78 is 5.51. The number of hydrogen-bond donors (Lipinski definition) is 3. The largest absolute Gasteiger partial charge is 0.427 e. The van der Waals surface area contributed by atoms with Crippen molar-refractivity contribution in [2.24, 2.45) is 17.8 Å². The number of hydrogen-bond acceptors (Lipinski definition) is 6. The summed E-state index contributed by atoms with van der Waals surface area (Å²) >= 11 is 0. The van der Waals surface area contributed by atoms with E-state index in [1.165, 1.54) is 0 Å². The second kappa shape index (κ2) is 7.54. The fourth-order valence-corrected chi connectivity index (χ4v) is 4.34. The third-order valence-electron chi connectivity index (χ3n) is 5.52. The molecule has 3 rings (SSSR count). The number of nitrogens with one attached hydrogen (secondary N) is 1. The summed E-state index contributed by atoms with van der Waals surface area (Å²) in [6.45, 7) is 2.22. The number of allylic oxidation sites excluding steroid dienone is 1. The molecule has 136 valence electrons. The molecule has 6 nitrogen and oxygen atoms in total. The molecule has 6 heteroatoms. The van der Waals surface area contributed by atoms with Gasteiger partial charge in [0.25, 0.3) is 0 Å². The maximum Gasteiger partial charge on any atom is 0.348 e. The average molecular weight is 347 g/mol. The molecule has 1 aromatic heterocycles. The van der Waals surface area contributed by atoms with Crippen LogP contribution in [0.2, 0.25) is 0 Å². The van der Waals surface area contributed by atoms with Crippen LogP contribution >= 0.6 is 0 Å². The number of rotatable bonds is 5. The Morgan fingerprint density at radius 1 is 1.36 bits per heavy atom. The van der Waals surface area contributed by atoms with Gasteiger partial charge >= 0.3 is 5.63 Å². The van der Waals surface area contributed by atoms with Gasteiger partial charge in [0, 0.05) is 24.4 Å². The van der Waals surface area contributed by atoms with Crippen molar-refractivity contribution in [2.45, 2.75) is 38.2 Å². The third-order valence-corrected chi connectivity index (χ3v) is 5.52. The van der Waals surface area contributed by atoms with E-state index in [2.05, 4.69) is 24.4 Å². The summed E-state index contributed by atoms with van der Waals surface area (Å²) in [5.74, 6) is 0.965. The molecule has 0 radical (unpaired) electrons. The van der Waals surface area contributed by atoms with E-state index in [9.17, 15) is 14.7 Å². The van der Waals surface area contributed by atoms with Crippen molar-refractivity contribution < 1.29 is 19.4 Å². The van der Waals surface area contributed by atoms with E-state index < -0.39 is 5.63 Å². The van der Waals surface area contributed by atoms with Crippen LogP contribution in [0.1, 0.15) is 48.2 Å². The lowest BCUT2D eigenvalue weighted by Gasteiger charge is -2.43. The highest BCUT2D eigenvalue weighted by Crippen LogP contribution is 2.48. The molecule has 0 aliphatic heterocycles. The Labute approximate surface area is 146 Å². The van der Waals surface area contributed by atoms with E-state index >= 15 is 0 Å². The first kappa shape index (κ1) is 17.9. The molecule has 1 aromatic rings. The predicted octanol–water partition coefficient (Wildman–Crippen LogP) is 1.92. The van der Waals surface area contributed by atoms with Crippen molar-refractivity contribution in [3.8, 4) is 0 Å². The normalized spacial score (nSPS) is 31.4. The van der Waals surface area contributed by atoms with E-state index in [0.717, 1.165) is 19.3 Å². The van der Waals surface area contributed by atoms with Crippen LogP contribution in [0.25, 0.3) is 0 Å². The zero-order chi connectivity index (χ0) is 18.0. The van der Waals surface area contributed by atoms with Gasteiger partial charge in [-0.1, -0.05) is 25.5 Å². The van der Waals surface area contributed by atoms with Gasteiger partial charge in [-0.15, -0.1) is 0 Å². The average Bonchev–Trinajstić information content (AvgIpc) is 2.59. The molecule has 0 spiro atoms. The second-order valence-electron chi connectivity index (χ2n) is 7.04. The van der Waals surface area contributed by atoms with Crippen LogP contribution in [-0.2, 0) is 0 Å². The number of aliphatic hydroxyl groups excluding tert-OH is 2. The fourth-order valence-electron chi connectivity index (χ4n) is 4.34. The Bertz CT molecular complexity index is 710. The number of anilines is 1. The Kier molecular flexibility index (Phi) is 5.39. The Hall–Kier alpha value is -1.92. The van der Waals surface area contributed by atoms with Crippen LogP contribution in [0.5, 0.6) is 0 Å². The number of aliphatic hydroxyl groups is 2. The minimum absolute atomic E-state index is 0.0203. The van der Waals surface area contributed by atoms with Crippen LogP contribution in [0, 0.1) is 17.8 Å². The van der Waals surface area contributed by atoms with Crippen molar-refractivity contribution in [1.29, 1.82) is 0 Å². The molecule has 1 saturated carbocycles. The summed E-state index contributed by atoms with van der Waals surface area (Å²) in [6.07, 6.45) is 7.01. The highest BCUT2D eigenvalue weighted by atomic mass is 16.4. The van der Waals surface area contributed by atoms with Gasteiger partial charge in [-0.25, -0.2) is 4.79 Å². The molecule has 0 saturated heterocycles. The molecule has 2 aliphatic rings. The summed E-state index contributed by atoms with van der Waals surface area (Å²) in [4.78, 5) is 23.5. The highest BCUT2D eigenvalue weighted by Gasteiger charge is 2.42. The molecule has 5 atom stereocenters. The summed E-state index contributed by atoms with van der Waals surface area (Å²) in [5, 5.41) is 22.3. The predicted molar refractivity (Wildman–Crippen MR) is 93.8 cm³/mol. The molecule has 0 amide bonds. The third kappa shape index (κ3) is 3.41. The van der Waals surface area contributed by atoms with E-state index in [1.807, 2.05) is 0 Å². The molecule has 2 aliphatic carbocycles. The lowest BCUT2D eigenvalue weighted by molar-refractivity contribution is 0.0333. The molecule has 5 unspecified atom stereocenters. The molecule has 1 fully saturated rings. The van der Waals surface area contributed by atoms with Gasteiger partial charge < -0.3 is 19.9 Å². The van der Waals surface area contributed by atoms with Crippen molar-refractivity contribution in [2.75, 3.05) is 18.5 Å². The van der Waals surface area contributed by atoms with Gasteiger partial charge in [0.1, 0.15) is 11.3 Å². The molecule has 0 bridgehead atoms. The lowest BCUT2D eigenvalue weighted by atomic mass is 9.63. The van der Waals surface area contributed by atoms with Crippen molar-refractivity contribution in [3.63, 3.8) is 0 Å². The quantitative estimate of drug-likeness (QED) is 0.556. The minimum atomic E-state index is -0.664. The van der Waals surface area contributed by atoms with E-state index in [1.54, 1.807) is 6.07 Å². The Morgan fingerprint density at radius 3 is 2.88 bits per heavy atom. The number of carbonyl (C=O) groups is 1. The van der Waals surface area contributed by atoms with Gasteiger partial charge in [0.05, 0.1) is 18.4 Å². The summed E-state index contributed by atoms with van der Waals surface area (Å²) in [5.41, 5.74) is -0.330. The smallest absolute Gasteiger partial charge is 0.348 e. The van der Waals surface area contributed by atoms with E-state index in [-0.39, 0.29) is 48.5 Å². The molecular formula is C19H25NO5. The lowest BCUT2D eigenvalue weighted by Crippen LogP contribution is -2.39. The van der Waals surface area contributed by atoms with Crippen LogP contribution < -0.4 is 10.9 Å². The first-order valence-corrected chi connectivity index (χ1v) is 8.91. The topological polar surface area (TPSA) is 99.8 Å². The second-order valence-corrected chi connectivity index (χ2v) is 7.04. The Balaban J connectivity index is 2.02. The van der Waals surface area contributed by atoms with Crippen LogP contribution in [0.15, 0.2) is 27.4 Å². The number of carbonyl (C=O) groups excluding carboxylic acids is 1. The van der Waals surface area contributed by atoms with Crippen LogP contribution in [0.4, 0.5) is 5.69 Å². The molecule has 1 heterocycles. The van der Waals surface area contributed by atoms with Crippen molar-refractivity contribution in [3.05, 3.63) is 40.0 Å². The number of fused-ring (bicyclic) bond motifs is 1. The molecule has 0 aromatic carbocycles. The standard InChI is InChI=1S/C19H25NO5/c1-11-5-6-12-13(3-2-4-16(12)23)18(11)17-9-15(20-7-8-21)14(10-22)19(24)25-17/h5-6,9-13,16,18,20-21,23H,2-4,7-8H2,1H3. The van der Waals surface area contributed by atoms with Gasteiger partial charge in [0.15, 0.2) is 6.29 Å². The van der Waals surface area contributed by atoms with Gasteiger partial charge in [-0.05, 0) is 24.7 Å². The van der Waals surface area contributed by atoms with Gasteiger partial charge in [-0.3, -0.25) is 4.79 Å². The van der Waals surface area contributed by atoms with Gasteiger partial charge in [-0.2, -0.15) is 0 Å². The summed E-state index contributed by atoms with van der Waals surface area (Å²) in [7, 11) is 0. The minimum Gasteiger partial charge on any atom is -0.427 e. The SMILES string of the molecule is CC1C=CC2C(O)CCCC2C1c1cc(NCCO)c(C=O)c(=O)o1. The van der Waals surface area contributed by atoms with Crippen LogP contribution in [-0.4, -0.2) is 35.8 Å². The van der Waals surface area contributed by atoms with E-state index in [4.69, 9.17) is 9.52 Å². The van der Waals surface area contributed by atoms with Crippen molar-refractivity contribution in [1.82, 2.24) is 0 Å². The monoisotopic (exact) mass is 347 g/mol.